The summed E-state index contributed by atoms with van der Waals surface area (Å²) in [4.78, 5) is 32.3. The highest BCUT2D eigenvalue weighted by molar-refractivity contribution is 6.33. The summed E-state index contributed by atoms with van der Waals surface area (Å²) in [5.74, 6) is 1.07. The minimum Gasteiger partial charge on any atom is -0.497 e. The van der Waals surface area contributed by atoms with Crippen LogP contribution in [-0.4, -0.2) is 90.9 Å². The molecule has 0 bridgehead atoms. The molecule has 3 heterocycles. The molecular formula is C29H32ClN5O4. The van der Waals surface area contributed by atoms with E-state index >= 15 is 0 Å². The minimum atomic E-state index is -0.203. The largest absolute Gasteiger partial charge is 0.497 e. The fourth-order valence-corrected chi connectivity index (χ4v) is 5.18. The van der Waals surface area contributed by atoms with Gasteiger partial charge < -0.3 is 24.2 Å². The molecule has 5 rings (SSSR count). The van der Waals surface area contributed by atoms with Crippen molar-refractivity contribution in [1.29, 1.82) is 0 Å². The Morgan fingerprint density at radius 3 is 2.56 bits per heavy atom. The Morgan fingerprint density at radius 1 is 1.05 bits per heavy atom. The zero-order valence-corrected chi connectivity index (χ0v) is 22.7. The van der Waals surface area contributed by atoms with Crippen LogP contribution in [0.5, 0.6) is 5.75 Å². The maximum atomic E-state index is 13.4. The quantitative estimate of drug-likeness (QED) is 0.422. The molecule has 1 atom stereocenters. The first-order chi connectivity index (χ1) is 19.0. The van der Waals surface area contributed by atoms with Gasteiger partial charge in [-0.05, 0) is 49.2 Å². The molecule has 2 aromatic carbocycles. The Bertz CT molecular complexity index is 1290. The molecule has 2 aliphatic rings. The number of piperazine rings is 1. The highest BCUT2D eigenvalue weighted by Gasteiger charge is 2.29. The van der Waals surface area contributed by atoms with Crippen LogP contribution >= 0.6 is 11.6 Å². The topological polar surface area (TPSA) is 88.1 Å². The van der Waals surface area contributed by atoms with Crippen LogP contribution in [0.25, 0.3) is 11.3 Å². The number of hydrogen-bond acceptors (Lipinski definition) is 7. The molecule has 39 heavy (non-hydrogen) atoms. The summed E-state index contributed by atoms with van der Waals surface area (Å²) in [6, 6.07) is 18.4. The number of nitrogens with zero attached hydrogens (tertiary/aromatic N) is 5. The summed E-state index contributed by atoms with van der Waals surface area (Å²) in [7, 11) is 1.57. The highest BCUT2D eigenvalue weighted by atomic mass is 35.5. The molecule has 0 radical (unpaired) electrons. The lowest BCUT2D eigenvalue weighted by atomic mass is 10.1. The fourth-order valence-electron chi connectivity index (χ4n) is 4.95. The smallest absolute Gasteiger partial charge is 0.254 e. The third-order valence-electron chi connectivity index (χ3n) is 7.13. The van der Waals surface area contributed by atoms with Gasteiger partial charge in [-0.3, -0.25) is 9.59 Å². The number of ether oxygens (including phenoxy) is 2. The van der Waals surface area contributed by atoms with Gasteiger partial charge in [0.25, 0.3) is 5.91 Å². The zero-order chi connectivity index (χ0) is 27.2. The molecule has 2 saturated heterocycles. The van der Waals surface area contributed by atoms with Crippen LogP contribution in [0.15, 0.2) is 60.7 Å². The Balaban J connectivity index is 1.21. The first kappa shape index (κ1) is 26.9. The lowest BCUT2D eigenvalue weighted by molar-refractivity contribution is -0.132. The van der Waals surface area contributed by atoms with E-state index in [1.807, 2.05) is 41.3 Å². The van der Waals surface area contributed by atoms with Gasteiger partial charge in [-0.15, -0.1) is 10.2 Å². The molecule has 2 aliphatic heterocycles. The number of anilines is 1. The summed E-state index contributed by atoms with van der Waals surface area (Å²) in [6.07, 6.45) is 1.78. The molecule has 2 amide bonds. The summed E-state index contributed by atoms with van der Waals surface area (Å²) >= 11 is 6.29. The van der Waals surface area contributed by atoms with Crippen molar-refractivity contribution in [2.24, 2.45) is 0 Å². The third-order valence-corrected chi connectivity index (χ3v) is 7.46. The first-order valence-corrected chi connectivity index (χ1v) is 13.6. The van der Waals surface area contributed by atoms with Crippen LogP contribution in [0.4, 0.5) is 5.82 Å². The molecule has 0 aliphatic carbocycles. The standard InChI is InChI=1S/C29H32ClN5O4/c1-38-22-7-4-6-21(18-22)29(37)35(19-23-8-5-17-39-23)20-28(36)34-15-13-33(14-16-34)27-12-11-26(31-32-27)24-9-2-3-10-25(24)30/h2-4,6-7,9-12,18,23H,5,8,13-17,19-20H2,1H3/t23-/m0/s1. The number of amides is 2. The van der Waals surface area contributed by atoms with E-state index in [0.717, 1.165) is 24.2 Å². The maximum Gasteiger partial charge on any atom is 0.254 e. The number of benzene rings is 2. The van der Waals surface area contributed by atoms with Crippen LogP contribution in [0.1, 0.15) is 23.2 Å². The van der Waals surface area contributed by atoms with Gasteiger partial charge >= 0.3 is 0 Å². The maximum absolute atomic E-state index is 13.4. The lowest BCUT2D eigenvalue weighted by Crippen LogP contribution is -2.52. The van der Waals surface area contributed by atoms with Crippen molar-refractivity contribution < 1.29 is 19.1 Å². The van der Waals surface area contributed by atoms with Gasteiger partial charge in [-0.1, -0.05) is 35.9 Å². The van der Waals surface area contributed by atoms with E-state index in [1.165, 1.54) is 0 Å². The summed E-state index contributed by atoms with van der Waals surface area (Å²) in [6.45, 7) is 3.39. The Kier molecular flexibility index (Phi) is 8.58. The Labute approximate surface area is 233 Å². The lowest BCUT2D eigenvalue weighted by Gasteiger charge is -2.36. The van der Waals surface area contributed by atoms with E-state index in [4.69, 9.17) is 21.1 Å². The van der Waals surface area contributed by atoms with Crippen molar-refractivity contribution in [3.8, 4) is 17.0 Å². The van der Waals surface area contributed by atoms with Crippen LogP contribution in [0, 0.1) is 0 Å². The average Bonchev–Trinajstić information content (AvgIpc) is 3.50. The van der Waals surface area contributed by atoms with Crippen molar-refractivity contribution >= 4 is 29.2 Å². The molecule has 0 unspecified atom stereocenters. The van der Waals surface area contributed by atoms with Crippen molar-refractivity contribution in [2.75, 3.05) is 57.9 Å². The van der Waals surface area contributed by atoms with Crippen molar-refractivity contribution in [3.63, 3.8) is 0 Å². The number of aromatic nitrogens is 2. The monoisotopic (exact) mass is 549 g/mol. The average molecular weight is 550 g/mol. The van der Waals surface area contributed by atoms with Gasteiger partial charge in [0.2, 0.25) is 5.91 Å². The van der Waals surface area contributed by atoms with Crippen LogP contribution in [0.2, 0.25) is 5.02 Å². The summed E-state index contributed by atoms with van der Waals surface area (Å²) in [5, 5.41) is 9.40. The predicted octanol–water partition coefficient (Wildman–Crippen LogP) is 3.78. The molecule has 9 nitrogen and oxygen atoms in total. The molecular weight excluding hydrogens is 518 g/mol. The van der Waals surface area contributed by atoms with E-state index in [9.17, 15) is 9.59 Å². The fraction of sp³-hybridized carbons (Fsp3) is 0.379. The van der Waals surface area contributed by atoms with Gasteiger partial charge in [0.05, 0.1) is 23.9 Å². The van der Waals surface area contributed by atoms with Crippen molar-refractivity contribution in [3.05, 3.63) is 71.2 Å². The second kappa shape index (κ2) is 12.4. The minimum absolute atomic E-state index is 0.00222. The van der Waals surface area contributed by atoms with E-state index < -0.39 is 0 Å². The molecule has 1 aromatic heterocycles. The normalized spacial score (nSPS) is 17.2. The molecule has 0 spiro atoms. The first-order valence-electron chi connectivity index (χ1n) is 13.2. The van der Waals surface area contributed by atoms with E-state index in [2.05, 4.69) is 15.1 Å². The van der Waals surface area contributed by atoms with E-state index in [1.54, 1.807) is 36.3 Å². The summed E-state index contributed by atoms with van der Waals surface area (Å²) in [5.41, 5.74) is 2.04. The van der Waals surface area contributed by atoms with Crippen molar-refractivity contribution in [2.45, 2.75) is 18.9 Å². The third kappa shape index (κ3) is 6.49. The van der Waals surface area contributed by atoms with Crippen LogP contribution < -0.4 is 9.64 Å². The number of carbonyl (C=O) groups excluding carboxylic acids is 2. The Morgan fingerprint density at radius 2 is 1.87 bits per heavy atom. The number of halogens is 1. The SMILES string of the molecule is COc1cccc(C(=O)N(CC(=O)N2CCN(c3ccc(-c4ccccc4Cl)nn3)CC2)C[C@@H]2CCCO2)c1. The molecule has 2 fully saturated rings. The van der Waals surface area contributed by atoms with Crippen LogP contribution in [0.3, 0.4) is 0 Å². The Hall–Kier alpha value is -3.69. The number of rotatable bonds is 8. The van der Waals surface area contributed by atoms with Gasteiger partial charge in [-0.2, -0.15) is 0 Å². The second-order valence-corrected chi connectivity index (χ2v) is 10.1. The molecule has 3 aromatic rings. The summed E-state index contributed by atoms with van der Waals surface area (Å²) < 4.78 is 11.1. The molecule has 204 valence electrons. The van der Waals surface area contributed by atoms with Crippen LogP contribution in [-0.2, 0) is 9.53 Å². The predicted molar refractivity (Wildman–Crippen MR) is 149 cm³/mol. The number of methoxy groups -OCH3 is 1. The van der Waals surface area contributed by atoms with Gasteiger partial charge in [0.15, 0.2) is 5.82 Å². The van der Waals surface area contributed by atoms with E-state index in [0.29, 0.717) is 61.4 Å². The molecule has 0 N–H and O–H groups in total. The molecule has 0 saturated carbocycles. The van der Waals surface area contributed by atoms with Gasteiger partial charge in [0.1, 0.15) is 12.3 Å². The van der Waals surface area contributed by atoms with E-state index in [-0.39, 0.29) is 24.5 Å². The second-order valence-electron chi connectivity index (χ2n) is 9.68. The number of hydrogen-bond donors (Lipinski definition) is 0. The number of carbonyl (C=O) groups is 2. The zero-order valence-electron chi connectivity index (χ0n) is 22.0. The van der Waals surface area contributed by atoms with Gasteiger partial charge in [-0.25, -0.2) is 0 Å². The molecule has 10 heteroatoms. The van der Waals surface area contributed by atoms with Gasteiger partial charge in [0, 0.05) is 50.5 Å². The van der Waals surface area contributed by atoms with Crippen molar-refractivity contribution in [1.82, 2.24) is 20.0 Å². The highest BCUT2D eigenvalue weighted by Crippen LogP contribution is 2.26.